The third kappa shape index (κ3) is 1.61. The molecule has 6 N–H and O–H groups in total. The van der Waals surface area contributed by atoms with Gasteiger partial charge in [-0.1, -0.05) is 11.8 Å². The summed E-state index contributed by atoms with van der Waals surface area (Å²) >= 11 is 1.48. The molecule has 76 valence electrons. The van der Waals surface area contributed by atoms with E-state index in [-0.39, 0.29) is 12.3 Å². The van der Waals surface area contributed by atoms with Crippen LogP contribution in [0.15, 0.2) is 11.4 Å². The lowest BCUT2D eigenvalue weighted by molar-refractivity contribution is 0.608. The molecule has 2 rings (SSSR count). The van der Waals surface area contributed by atoms with Crippen molar-refractivity contribution in [2.75, 3.05) is 16.9 Å². The maximum absolute atomic E-state index is 5.72. The van der Waals surface area contributed by atoms with Crippen molar-refractivity contribution in [3.8, 4) is 0 Å². The van der Waals surface area contributed by atoms with E-state index >= 15 is 0 Å². The summed E-state index contributed by atoms with van der Waals surface area (Å²) in [6.07, 6.45) is 2.98. The van der Waals surface area contributed by atoms with Gasteiger partial charge in [0.05, 0.1) is 11.9 Å². The van der Waals surface area contributed by atoms with E-state index in [0.717, 1.165) is 5.69 Å². The summed E-state index contributed by atoms with van der Waals surface area (Å²) in [6.45, 7) is 0. The van der Waals surface area contributed by atoms with Crippen molar-refractivity contribution in [3.05, 3.63) is 6.20 Å². The predicted molar refractivity (Wildman–Crippen MR) is 57.0 cm³/mol. The lowest BCUT2D eigenvalue weighted by Crippen LogP contribution is -2.54. The van der Waals surface area contributed by atoms with Gasteiger partial charge >= 0.3 is 0 Å². The molecule has 0 bridgehead atoms. The van der Waals surface area contributed by atoms with E-state index in [9.17, 15) is 0 Å². The molecule has 0 spiro atoms. The van der Waals surface area contributed by atoms with Gasteiger partial charge in [-0.3, -0.25) is 0 Å². The molecule has 1 aromatic heterocycles. The number of fused-ring (bicyclic) bond motifs is 1. The van der Waals surface area contributed by atoms with Crippen molar-refractivity contribution >= 4 is 23.3 Å². The van der Waals surface area contributed by atoms with Crippen LogP contribution in [0.4, 0.5) is 11.5 Å². The van der Waals surface area contributed by atoms with E-state index in [0.29, 0.717) is 11.0 Å². The molecule has 0 radical (unpaired) electrons. The molecule has 0 saturated carbocycles. The highest BCUT2D eigenvalue weighted by Gasteiger charge is 2.22. The summed E-state index contributed by atoms with van der Waals surface area (Å²) in [5.41, 5.74) is 12.2. The molecule has 2 heterocycles. The van der Waals surface area contributed by atoms with Crippen LogP contribution in [0.5, 0.6) is 0 Å². The second-order valence-electron chi connectivity index (χ2n) is 2.96. The van der Waals surface area contributed by atoms with Crippen LogP contribution in [0.1, 0.15) is 0 Å². The van der Waals surface area contributed by atoms with Crippen LogP contribution in [0.2, 0.25) is 0 Å². The highest BCUT2D eigenvalue weighted by Crippen LogP contribution is 2.24. The quantitative estimate of drug-likeness (QED) is 0.371. The van der Waals surface area contributed by atoms with Crippen molar-refractivity contribution < 1.29 is 0 Å². The molecule has 0 aliphatic carbocycles. The largest absolute Gasteiger partial charge is 0.363 e. The summed E-state index contributed by atoms with van der Waals surface area (Å²) in [4.78, 5) is 8.38. The first-order valence-corrected chi connectivity index (χ1v) is 5.38. The smallest absolute Gasteiger partial charge is 0.189 e. The van der Waals surface area contributed by atoms with E-state index < -0.39 is 0 Å². The summed E-state index contributed by atoms with van der Waals surface area (Å²) in [5, 5.41) is 6.74. The Morgan fingerprint density at radius 3 is 2.79 bits per heavy atom. The van der Waals surface area contributed by atoms with Gasteiger partial charge in [-0.25, -0.2) is 9.97 Å². The molecule has 0 saturated heterocycles. The zero-order chi connectivity index (χ0) is 10.1. The third-order valence-corrected chi connectivity index (χ3v) is 2.52. The average molecular weight is 212 g/mol. The summed E-state index contributed by atoms with van der Waals surface area (Å²) < 4.78 is 0. The first-order valence-electron chi connectivity index (χ1n) is 4.16. The van der Waals surface area contributed by atoms with Crippen LogP contribution < -0.4 is 22.1 Å². The topological polar surface area (TPSA) is 102 Å². The van der Waals surface area contributed by atoms with Gasteiger partial charge in [0.15, 0.2) is 11.0 Å². The molecule has 7 heteroatoms. The van der Waals surface area contributed by atoms with E-state index in [1.807, 2.05) is 6.26 Å². The standard InChI is InChI=1S/C7H12N6S/c1-14-7-10-2-3-6(13-7)12-5(9)4(8)11-3/h2,4-5,11H,8-9H2,1H3,(H,10,12,13). The molecule has 0 amide bonds. The van der Waals surface area contributed by atoms with Crippen molar-refractivity contribution in [3.63, 3.8) is 0 Å². The number of rotatable bonds is 1. The van der Waals surface area contributed by atoms with Crippen molar-refractivity contribution in [1.29, 1.82) is 0 Å². The van der Waals surface area contributed by atoms with Gasteiger partial charge in [0.2, 0.25) is 0 Å². The molecule has 14 heavy (non-hydrogen) atoms. The second-order valence-corrected chi connectivity index (χ2v) is 3.73. The van der Waals surface area contributed by atoms with Gasteiger partial charge in [-0.2, -0.15) is 0 Å². The number of nitrogens with two attached hydrogens (primary N) is 2. The zero-order valence-electron chi connectivity index (χ0n) is 7.69. The summed E-state index contributed by atoms with van der Waals surface area (Å²) in [6, 6.07) is 0. The molecule has 2 atom stereocenters. The number of anilines is 2. The van der Waals surface area contributed by atoms with Crippen LogP contribution in [-0.4, -0.2) is 28.6 Å². The first kappa shape index (κ1) is 9.50. The maximum atomic E-state index is 5.72. The Labute approximate surface area is 85.9 Å². The van der Waals surface area contributed by atoms with Crippen molar-refractivity contribution in [2.24, 2.45) is 11.5 Å². The molecular formula is C7H12N6S. The van der Waals surface area contributed by atoms with E-state index in [1.165, 1.54) is 11.8 Å². The Morgan fingerprint density at radius 2 is 2.07 bits per heavy atom. The van der Waals surface area contributed by atoms with Gasteiger partial charge in [0.25, 0.3) is 0 Å². The van der Waals surface area contributed by atoms with Crippen molar-refractivity contribution in [1.82, 2.24) is 9.97 Å². The number of nitrogens with one attached hydrogen (secondary N) is 2. The second kappa shape index (κ2) is 3.60. The van der Waals surface area contributed by atoms with Crippen LogP contribution in [0.3, 0.4) is 0 Å². The molecule has 1 aliphatic rings. The molecule has 6 nitrogen and oxygen atoms in total. The number of hydrogen-bond acceptors (Lipinski definition) is 7. The fraction of sp³-hybridized carbons (Fsp3) is 0.429. The van der Waals surface area contributed by atoms with Crippen molar-refractivity contribution in [2.45, 2.75) is 17.5 Å². The lowest BCUT2D eigenvalue weighted by atomic mass is 10.3. The van der Waals surface area contributed by atoms with Gasteiger partial charge in [-0.05, 0) is 6.26 Å². The lowest BCUT2D eigenvalue weighted by Gasteiger charge is -2.30. The molecule has 0 aromatic carbocycles. The van der Waals surface area contributed by atoms with Crippen LogP contribution in [0, 0.1) is 0 Å². The Bertz CT molecular complexity index is 343. The monoisotopic (exact) mass is 212 g/mol. The Morgan fingerprint density at radius 1 is 1.36 bits per heavy atom. The Balaban J connectivity index is 2.33. The Hall–Kier alpha value is -1.05. The highest BCUT2D eigenvalue weighted by molar-refractivity contribution is 7.98. The molecule has 2 unspecified atom stereocenters. The predicted octanol–water partition coefficient (Wildman–Crippen LogP) is -0.394. The summed E-state index contributed by atoms with van der Waals surface area (Å²) in [5.74, 6) is 0.707. The molecule has 0 fully saturated rings. The first-order chi connectivity index (χ1) is 6.70. The zero-order valence-corrected chi connectivity index (χ0v) is 8.51. The number of hydrogen-bond donors (Lipinski definition) is 4. The number of thioether (sulfide) groups is 1. The minimum absolute atomic E-state index is 0.314. The molecule has 1 aliphatic heterocycles. The minimum Gasteiger partial charge on any atom is -0.363 e. The van der Waals surface area contributed by atoms with Gasteiger partial charge in [-0.15, -0.1) is 0 Å². The normalized spacial score (nSPS) is 24.8. The van der Waals surface area contributed by atoms with E-state index in [1.54, 1.807) is 6.20 Å². The van der Waals surface area contributed by atoms with Crippen LogP contribution >= 0.6 is 11.8 Å². The van der Waals surface area contributed by atoms with Gasteiger partial charge < -0.3 is 22.1 Å². The number of nitrogens with zero attached hydrogens (tertiary/aromatic N) is 2. The highest BCUT2D eigenvalue weighted by atomic mass is 32.2. The van der Waals surface area contributed by atoms with Gasteiger partial charge in [0, 0.05) is 0 Å². The minimum atomic E-state index is -0.327. The van der Waals surface area contributed by atoms with E-state index in [4.69, 9.17) is 11.5 Å². The Kier molecular flexibility index (Phi) is 2.44. The average Bonchev–Trinajstić information content (AvgIpc) is 2.19. The van der Waals surface area contributed by atoms with E-state index in [2.05, 4.69) is 20.6 Å². The third-order valence-electron chi connectivity index (χ3n) is 1.96. The molecule has 1 aromatic rings. The van der Waals surface area contributed by atoms with Crippen LogP contribution in [0.25, 0.3) is 0 Å². The van der Waals surface area contributed by atoms with Gasteiger partial charge in [0.1, 0.15) is 12.3 Å². The van der Waals surface area contributed by atoms with Crippen LogP contribution in [-0.2, 0) is 0 Å². The SMILES string of the molecule is CSc1ncc2c(n1)NC(N)C(N)N2. The number of aromatic nitrogens is 2. The summed E-state index contributed by atoms with van der Waals surface area (Å²) in [7, 11) is 0. The fourth-order valence-electron chi connectivity index (χ4n) is 1.20. The maximum Gasteiger partial charge on any atom is 0.189 e. The fourth-order valence-corrected chi connectivity index (χ4v) is 1.54. The molecular weight excluding hydrogens is 200 g/mol.